The van der Waals surface area contributed by atoms with Crippen LogP contribution in [-0.4, -0.2) is 32.1 Å². The van der Waals surface area contributed by atoms with Crippen LogP contribution in [0.4, 0.5) is 0 Å². The van der Waals surface area contributed by atoms with Crippen LogP contribution in [0.3, 0.4) is 0 Å². The van der Waals surface area contributed by atoms with E-state index in [1.165, 1.54) is 4.88 Å². The van der Waals surface area contributed by atoms with E-state index in [-0.39, 0.29) is 12.3 Å². The molecule has 2 aromatic heterocycles. The van der Waals surface area contributed by atoms with Crippen molar-refractivity contribution in [1.29, 1.82) is 0 Å². The van der Waals surface area contributed by atoms with E-state index in [1.807, 2.05) is 12.1 Å². The molecule has 6 nitrogen and oxygen atoms in total. The molecule has 0 radical (unpaired) electrons. The zero-order valence-corrected chi connectivity index (χ0v) is 17.9. The maximum atomic E-state index is 13.2. The minimum atomic E-state index is -0.0123. The van der Waals surface area contributed by atoms with Crippen molar-refractivity contribution in [2.45, 2.75) is 26.4 Å². The van der Waals surface area contributed by atoms with Crippen LogP contribution in [0.1, 0.15) is 21.1 Å². The molecule has 0 aliphatic heterocycles. The molecule has 0 fully saturated rings. The smallest absolute Gasteiger partial charge is 0.227 e. The molecule has 29 heavy (non-hydrogen) atoms. The van der Waals surface area contributed by atoms with E-state index in [0.29, 0.717) is 30.3 Å². The molecular weight excluding hydrogens is 390 g/mol. The summed E-state index contributed by atoms with van der Waals surface area (Å²) in [4.78, 5) is 17.3. The first-order valence-corrected chi connectivity index (χ1v) is 10.00. The van der Waals surface area contributed by atoms with E-state index in [9.17, 15) is 4.79 Å². The van der Waals surface area contributed by atoms with Crippen molar-refractivity contribution < 1.29 is 23.4 Å². The number of furan rings is 1. The molecule has 0 N–H and O–H groups in total. The van der Waals surface area contributed by atoms with Crippen molar-refractivity contribution in [2.75, 3.05) is 21.3 Å². The van der Waals surface area contributed by atoms with Crippen LogP contribution in [0.15, 0.2) is 47.1 Å². The molecule has 0 bridgehead atoms. The topological polar surface area (TPSA) is 61.1 Å². The third kappa shape index (κ3) is 5.12. The number of carbonyl (C=O) groups is 1. The Hall–Kier alpha value is -2.93. The maximum absolute atomic E-state index is 13.2. The van der Waals surface area contributed by atoms with Gasteiger partial charge in [-0.1, -0.05) is 0 Å². The fourth-order valence-electron chi connectivity index (χ4n) is 3.10. The van der Waals surface area contributed by atoms with Gasteiger partial charge >= 0.3 is 0 Å². The number of methoxy groups -OCH3 is 3. The summed E-state index contributed by atoms with van der Waals surface area (Å²) in [6, 6.07) is 11.4. The molecule has 0 saturated heterocycles. The Morgan fingerprint density at radius 3 is 2.28 bits per heavy atom. The standard InChI is InChI=1S/C22H25NO5S/c1-15-7-8-18(29-15)14-23(13-17-6-5-9-28-17)21(24)12-16-10-19(25-2)22(27-4)20(11-16)26-3/h5-11H,12-14H2,1-4H3. The summed E-state index contributed by atoms with van der Waals surface area (Å²) in [5, 5.41) is 0. The predicted molar refractivity (Wildman–Crippen MR) is 112 cm³/mol. The molecule has 7 heteroatoms. The summed E-state index contributed by atoms with van der Waals surface area (Å²) in [7, 11) is 4.68. The molecule has 0 atom stereocenters. The third-order valence-electron chi connectivity index (χ3n) is 4.50. The fraction of sp³-hybridized carbons (Fsp3) is 0.318. The molecule has 1 aromatic carbocycles. The Morgan fingerprint density at radius 1 is 1.03 bits per heavy atom. The van der Waals surface area contributed by atoms with Crippen molar-refractivity contribution in [3.8, 4) is 17.2 Å². The van der Waals surface area contributed by atoms with E-state index in [1.54, 1.807) is 56.0 Å². The highest BCUT2D eigenvalue weighted by molar-refractivity contribution is 7.11. The van der Waals surface area contributed by atoms with E-state index >= 15 is 0 Å². The molecule has 2 heterocycles. The Balaban J connectivity index is 1.83. The highest BCUT2D eigenvalue weighted by atomic mass is 32.1. The second kappa shape index (κ2) is 9.52. The minimum absolute atomic E-state index is 0.0123. The Morgan fingerprint density at radius 2 is 1.76 bits per heavy atom. The lowest BCUT2D eigenvalue weighted by Gasteiger charge is -2.22. The maximum Gasteiger partial charge on any atom is 0.227 e. The molecule has 3 rings (SSSR count). The Bertz CT molecular complexity index is 923. The van der Waals surface area contributed by atoms with Crippen LogP contribution in [0.25, 0.3) is 0 Å². The van der Waals surface area contributed by atoms with Gasteiger partial charge in [0.05, 0.1) is 47.1 Å². The number of aryl methyl sites for hydroxylation is 1. The molecule has 1 amide bonds. The van der Waals surface area contributed by atoms with Gasteiger partial charge in [-0.3, -0.25) is 4.79 Å². The van der Waals surface area contributed by atoms with Crippen molar-refractivity contribution in [2.24, 2.45) is 0 Å². The predicted octanol–water partition coefficient (Wildman–Crippen LogP) is 4.45. The zero-order chi connectivity index (χ0) is 20.8. The minimum Gasteiger partial charge on any atom is -0.493 e. The first-order chi connectivity index (χ1) is 14.0. The van der Waals surface area contributed by atoms with E-state index in [4.69, 9.17) is 18.6 Å². The van der Waals surface area contributed by atoms with Crippen molar-refractivity contribution >= 4 is 17.2 Å². The van der Waals surface area contributed by atoms with Crippen LogP contribution in [-0.2, 0) is 24.3 Å². The van der Waals surface area contributed by atoms with Gasteiger partial charge in [0.1, 0.15) is 5.76 Å². The van der Waals surface area contributed by atoms with Crippen molar-refractivity contribution in [3.63, 3.8) is 0 Å². The van der Waals surface area contributed by atoms with Gasteiger partial charge in [0.2, 0.25) is 11.7 Å². The molecule has 0 unspecified atom stereocenters. The number of rotatable bonds is 9. The monoisotopic (exact) mass is 415 g/mol. The molecule has 0 spiro atoms. The largest absolute Gasteiger partial charge is 0.493 e. The van der Waals surface area contributed by atoms with Gasteiger partial charge in [-0.25, -0.2) is 0 Å². The average Bonchev–Trinajstić information content (AvgIpc) is 3.38. The summed E-state index contributed by atoms with van der Waals surface area (Å²) in [5.41, 5.74) is 0.788. The quantitative estimate of drug-likeness (QED) is 0.517. The van der Waals surface area contributed by atoms with Crippen molar-refractivity contribution in [3.05, 3.63) is 63.7 Å². The first-order valence-electron chi connectivity index (χ1n) is 9.18. The average molecular weight is 416 g/mol. The molecular formula is C22H25NO5S. The van der Waals surface area contributed by atoms with Gasteiger partial charge in [-0.05, 0) is 48.9 Å². The lowest BCUT2D eigenvalue weighted by molar-refractivity contribution is -0.131. The summed E-state index contributed by atoms with van der Waals surface area (Å²) >= 11 is 1.69. The normalized spacial score (nSPS) is 10.6. The number of carbonyl (C=O) groups excluding carboxylic acids is 1. The van der Waals surface area contributed by atoms with Gasteiger partial charge in [0.25, 0.3) is 0 Å². The molecule has 0 aliphatic rings. The van der Waals surface area contributed by atoms with Gasteiger partial charge in [-0.15, -0.1) is 11.3 Å². The van der Waals surface area contributed by atoms with Gasteiger partial charge in [0, 0.05) is 9.75 Å². The van der Waals surface area contributed by atoms with E-state index < -0.39 is 0 Å². The number of hydrogen-bond acceptors (Lipinski definition) is 6. The summed E-state index contributed by atoms with van der Waals surface area (Å²) < 4.78 is 21.6. The molecule has 3 aromatic rings. The lowest BCUT2D eigenvalue weighted by atomic mass is 10.1. The number of nitrogens with zero attached hydrogens (tertiary/aromatic N) is 1. The molecule has 0 saturated carbocycles. The summed E-state index contributed by atoms with van der Waals surface area (Å²) in [6.45, 7) is 3.00. The van der Waals surface area contributed by atoms with Crippen LogP contribution in [0.2, 0.25) is 0 Å². The summed E-state index contributed by atoms with van der Waals surface area (Å²) in [5.74, 6) is 2.30. The summed E-state index contributed by atoms with van der Waals surface area (Å²) in [6.07, 6.45) is 1.83. The van der Waals surface area contributed by atoms with Crippen LogP contribution >= 0.6 is 11.3 Å². The Kier molecular flexibility index (Phi) is 6.82. The number of ether oxygens (including phenoxy) is 3. The van der Waals surface area contributed by atoms with E-state index in [2.05, 4.69) is 19.1 Å². The second-order valence-corrected chi connectivity index (χ2v) is 7.92. The van der Waals surface area contributed by atoms with Crippen LogP contribution in [0, 0.1) is 6.92 Å². The Labute approximate surface area is 174 Å². The lowest BCUT2D eigenvalue weighted by Crippen LogP contribution is -2.31. The van der Waals surface area contributed by atoms with Gasteiger partial charge < -0.3 is 23.5 Å². The number of hydrogen-bond donors (Lipinski definition) is 0. The van der Waals surface area contributed by atoms with Crippen LogP contribution in [0.5, 0.6) is 17.2 Å². The first kappa shape index (κ1) is 20.8. The molecule has 154 valence electrons. The van der Waals surface area contributed by atoms with Crippen molar-refractivity contribution in [1.82, 2.24) is 4.90 Å². The highest BCUT2D eigenvalue weighted by Gasteiger charge is 2.20. The zero-order valence-electron chi connectivity index (χ0n) is 17.1. The SMILES string of the molecule is COc1cc(CC(=O)N(Cc2ccco2)Cc2ccc(C)s2)cc(OC)c1OC. The van der Waals surface area contributed by atoms with Gasteiger partial charge in [-0.2, -0.15) is 0 Å². The van der Waals surface area contributed by atoms with E-state index in [0.717, 1.165) is 16.2 Å². The molecule has 0 aliphatic carbocycles. The fourth-order valence-corrected chi connectivity index (χ4v) is 4.01. The highest BCUT2D eigenvalue weighted by Crippen LogP contribution is 2.38. The van der Waals surface area contributed by atoms with Gasteiger partial charge in [0.15, 0.2) is 11.5 Å². The number of thiophene rings is 1. The third-order valence-corrected chi connectivity index (χ3v) is 5.49. The number of amides is 1. The second-order valence-electron chi connectivity index (χ2n) is 6.55. The van der Waals surface area contributed by atoms with Crippen LogP contribution < -0.4 is 14.2 Å². The number of benzene rings is 1.